The van der Waals surface area contributed by atoms with Crippen LogP contribution in [0.3, 0.4) is 0 Å². The smallest absolute Gasteiger partial charge is 0.222 e. The topological polar surface area (TPSA) is 66.4 Å². The predicted octanol–water partition coefficient (Wildman–Crippen LogP) is 6.04. The summed E-state index contributed by atoms with van der Waals surface area (Å²) in [6, 6.07) is 7.78. The van der Waals surface area contributed by atoms with Gasteiger partial charge in [0.05, 0.1) is 15.7 Å². The Labute approximate surface area is 172 Å². The molecule has 2 aromatic carbocycles. The van der Waals surface area contributed by atoms with Crippen molar-refractivity contribution in [3.8, 4) is 5.75 Å². The molecule has 0 fully saturated rings. The number of hydrogen-bond donors (Lipinski definition) is 3. The molecule has 2 aromatic rings. The Morgan fingerprint density at radius 1 is 0.889 bits per heavy atom. The average molecular weight is 430 g/mol. The van der Waals surface area contributed by atoms with Gasteiger partial charge in [-0.05, 0) is 34.6 Å². The highest BCUT2D eigenvalue weighted by Crippen LogP contribution is 2.45. The number of halogens is 2. The van der Waals surface area contributed by atoms with E-state index in [1.807, 2.05) is 6.92 Å². The Bertz CT molecular complexity index is 890. The molecule has 0 heterocycles. The van der Waals surface area contributed by atoms with E-state index in [-0.39, 0.29) is 27.4 Å². The molecule has 1 atom stereocenters. The standard InChI is InChI=1S/C20H25Cl2NO3S/c1-10(2)13-6-14(11(3)4)8-15(7-13)12(5)18-17(23-27(25)26)9-16(21)20(24)19(18)22/h6-12,24,27H,1-5H3,(H,23,25,26). The van der Waals surface area contributed by atoms with Crippen LogP contribution in [-0.4, -0.2) is 13.5 Å². The summed E-state index contributed by atoms with van der Waals surface area (Å²) in [5.41, 5.74) is 4.15. The third-order valence-corrected chi connectivity index (χ3v) is 5.80. The van der Waals surface area contributed by atoms with Crippen LogP contribution in [0.4, 0.5) is 5.69 Å². The van der Waals surface area contributed by atoms with Crippen molar-refractivity contribution in [2.24, 2.45) is 0 Å². The van der Waals surface area contributed by atoms with Crippen LogP contribution in [0.5, 0.6) is 5.75 Å². The number of phenolic OH excluding ortho intramolecular Hbond substituents is 1. The molecule has 0 saturated heterocycles. The Hall–Kier alpha value is -1.43. The summed E-state index contributed by atoms with van der Waals surface area (Å²) in [5.74, 6) is 0.181. The summed E-state index contributed by atoms with van der Waals surface area (Å²) >= 11 is 12.4. The van der Waals surface area contributed by atoms with Crippen LogP contribution in [0.25, 0.3) is 0 Å². The molecule has 2 N–H and O–H groups in total. The van der Waals surface area contributed by atoms with E-state index in [0.29, 0.717) is 17.4 Å². The number of hydrogen-bond acceptors (Lipinski definition) is 3. The Balaban J connectivity index is 2.70. The fourth-order valence-corrected chi connectivity index (χ4v) is 4.02. The first-order valence-electron chi connectivity index (χ1n) is 8.79. The van der Waals surface area contributed by atoms with Gasteiger partial charge in [0.2, 0.25) is 10.9 Å². The molecule has 148 valence electrons. The Morgan fingerprint density at radius 3 is 1.81 bits per heavy atom. The molecule has 0 aliphatic carbocycles. The van der Waals surface area contributed by atoms with Gasteiger partial charge < -0.3 is 5.11 Å². The van der Waals surface area contributed by atoms with Crippen molar-refractivity contribution in [3.63, 3.8) is 0 Å². The molecule has 0 radical (unpaired) electrons. The molecule has 0 aliphatic heterocycles. The van der Waals surface area contributed by atoms with E-state index in [2.05, 4.69) is 50.6 Å². The van der Waals surface area contributed by atoms with Gasteiger partial charge in [0.15, 0.2) is 5.75 Å². The lowest BCUT2D eigenvalue weighted by Gasteiger charge is -2.22. The molecule has 0 aliphatic rings. The van der Waals surface area contributed by atoms with E-state index < -0.39 is 10.9 Å². The first-order valence-corrected chi connectivity index (χ1v) is 10.7. The molecular weight excluding hydrogens is 405 g/mol. The molecule has 0 spiro atoms. The SMILES string of the molecule is CC(C)c1cc(C(C)C)cc(C(C)c2c(N[SH](=O)=O)cc(Cl)c(O)c2Cl)c1. The van der Waals surface area contributed by atoms with Gasteiger partial charge in [0.1, 0.15) is 0 Å². The lowest BCUT2D eigenvalue weighted by molar-refractivity contribution is 0.475. The van der Waals surface area contributed by atoms with Crippen molar-refractivity contribution in [1.82, 2.24) is 0 Å². The summed E-state index contributed by atoms with van der Waals surface area (Å²) < 4.78 is 24.9. The van der Waals surface area contributed by atoms with Crippen molar-refractivity contribution in [2.75, 3.05) is 4.72 Å². The van der Waals surface area contributed by atoms with Gasteiger partial charge in [-0.1, -0.05) is 76.0 Å². The number of thiol groups is 1. The van der Waals surface area contributed by atoms with Crippen LogP contribution < -0.4 is 4.72 Å². The minimum Gasteiger partial charge on any atom is -0.505 e. The van der Waals surface area contributed by atoms with Crippen molar-refractivity contribution in [1.29, 1.82) is 0 Å². The normalized spacial score (nSPS) is 12.8. The number of rotatable bonds is 6. The monoisotopic (exact) mass is 429 g/mol. The lowest BCUT2D eigenvalue weighted by atomic mass is 9.85. The second kappa shape index (κ2) is 8.72. The Kier molecular flexibility index (Phi) is 7.06. The van der Waals surface area contributed by atoms with Crippen LogP contribution >= 0.6 is 23.2 Å². The van der Waals surface area contributed by atoms with Crippen LogP contribution in [0.2, 0.25) is 10.0 Å². The molecule has 7 heteroatoms. The second-order valence-corrected chi connectivity index (χ2v) is 8.84. The Morgan fingerprint density at radius 2 is 1.37 bits per heavy atom. The third-order valence-electron chi connectivity index (χ3n) is 4.71. The van der Waals surface area contributed by atoms with Gasteiger partial charge in [-0.3, -0.25) is 4.72 Å². The molecule has 27 heavy (non-hydrogen) atoms. The molecule has 0 saturated carbocycles. The minimum atomic E-state index is -2.90. The van der Waals surface area contributed by atoms with Crippen LogP contribution in [0.15, 0.2) is 24.3 Å². The number of nitrogens with one attached hydrogen (secondary N) is 1. The molecular formula is C20H25Cl2NO3S. The first-order chi connectivity index (χ1) is 12.5. The number of anilines is 1. The zero-order valence-corrected chi connectivity index (χ0v) is 18.4. The van der Waals surface area contributed by atoms with E-state index in [1.165, 1.54) is 17.2 Å². The summed E-state index contributed by atoms with van der Waals surface area (Å²) in [4.78, 5) is 0. The van der Waals surface area contributed by atoms with Gasteiger partial charge >= 0.3 is 0 Å². The molecule has 0 amide bonds. The predicted molar refractivity (Wildman–Crippen MR) is 114 cm³/mol. The van der Waals surface area contributed by atoms with Gasteiger partial charge in [-0.15, -0.1) is 0 Å². The van der Waals surface area contributed by atoms with Gasteiger partial charge in [-0.25, -0.2) is 8.42 Å². The van der Waals surface area contributed by atoms with E-state index in [0.717, 1.165) is 5.56 Å². The first kappa shape index (κ1) is 21.9. The summed E-state index contributed by atoms with van der Waals surface area (Å²) in [5, 5.41) is 10.2. The highest BCUT2D eigenvalue weighted by atomic mass is 35.5. The summed E-state index contributed by atoms with van der Waals surface area (Å²) in [7, 11) is -2.90. The maximum Gasteiger partial charge on any atom is 0.222 e. The molecule has 2 rings (SSSR count). The van der Waals surface area contributed by atoms with E-state index in [9.17, 15) is 13.5 Å². The largest absolute Gasteiger partial charge is 0.505 e. The van der Waals surface area contributed by atoms with Crippen LogP contribution in [0.1, 0.15) is 74.6 Å². The number of phenols is 1. The summed E-state index contributed by atoms with van der Waals surface area (Å²) in [6.07, 6.45) is 0. The van der Waals surface area contributed by atoms with Gasteiger partial charge in [0.25, 0.3) is 0 Å². The maximum absolute atomic E-state index is 11.3. The lowest BCUT2D eigenvalue weighted by Crippen LogP contribution is -2.07. The van der Waals surface area contributed by atoms with Gasteiger partial charge in [-0.2, -0.15) is 0 Å². The zero-order valence-electron chi connectivity index (χ0n) is 16.0. The number of aromatic hydroxyl groups is 1. The van der Waals surface area contributed by atoms with Crippen LogP contribution in [0, 0.1) is 0 Å². The fourth-order valence-electron chi connectivity index (χ4n) is 3.02. The highest BCUT2D eigenvalue weighted by molar-refractivity contribution is 7.73. The molecule has 1 unspecified atom stereocenters. The van der Waals surface area contributed by atoms with E-state index in [4.69, 9.17) is 23.2 Å². The second-order valence-electron chi connectivity index (χ2n) is 7.32. The van der Waals surface area contributed by atoms with Crippen molar-refractivity contribution in [3.05, 3.63) is 56.6 Å². The van der Waals surface area contributed by atoms with Gasteiger partial charge in [0, 0.05) is 11.5 Å². The van der Waals surface area contributed by atoms with E-state index in [1.54, 1.807) is 0 Å². The van der Waals surface area contributed by atoms with Crippen molar-refractivity contribution in [2.45, 2.75) is 52.4 Å². The third kappa shape index (κ3) is 4.89. The summed E-state index contributed by atoms with van der Waals surface area (Å²) in [6.45, 7) is 10.4. The number of benzene rings is 2. The fraction of sp³-hybridized carbons (Fsp3) is 0.400. The quantitative estimate of drug-likeness (QED) is 0.387. The molecule has 4 nitrogen and oxygen atoms in total. The van der Waals surface area contributed by atoms with Crippen molar-refractivity contribution < 1.29 is 13.5 Å². The maximum atomic E-state index is 11.3. The average Bonchev–Trinajstić information content (AvgIpc) is 2.58. The van der Waals surface area contributed by atoms with Crippen LogP contribution in [-0.2, 0) is 10.9 Å². The zero-order chi connectivity index (χ0) is 20.5. The minimum absolute atomic E-state index is 0.00546. The molecule has 0 bridgehead atoms. The van der Waals surface area contributed by atoms with Crippen molar-refractivity contribution >= 4 is 39.8 Å². The molecule has 0 aromatic heterocycles. The highest BCUT2D eigenvalue weighted by Gasteiger charge is 2.23. The van der Waals surface area contributed by atoms with E-state index >= 15 is 0 Å².